The Bertz CT molecular complexity index is 3420. The summed E-state index contributed by atoms with van der Waals surface area (Å²) in [6, 6.07) is 49.7. The minimum Gasteiger partial charge on any atom is -0.457 e. The molecule has 0 aliphatic carbocycles. The minimum atomic E-state index is -1.65. The number of fused-ring (bicyclic) bond motifs is 2. The van der Waals surface area contributed by atoms with Crippen LogP contribution in [0.2, 0.25) is 0 Å². The van der Waals surface area contributed by atoms with Crippen molar-refractivity contribution in [3.63, 3.8) is 0 Å². The van der Waals surface area contributed by atoms with E-state index in [-0.39, 0.29) is 57.6 Å². The molecule has 8 saturated heterocycles. The lowest BCUT2D eigenvalue weighted by atomic mass is 9.79. The average molecular weight is 1420 g/mol. The summed E-state index contributed by atoms with van der Waals surface area (Å²) in [5, 5.41) is 12.4. The second kappa shape index (κ2) is 32.9. The quantitative estimate of drug-likeness (QED) is 0.0508. The molecule has 0 spiro atoms. The molecular formula is C80H104O22. The van der Waals surface area contributed by atoms with E-state index < -0.39 is 164 Å². The van der Waals surface area contributed by atoms with Gasteiger partial charge in [0.25, 0.3) is 0 Å². The van der Waals surface area contributed by atoms with Gasteiger partial charge in [0, 0.05) is 36.2 Å². The van der Waals surface area contributed by atoms with Crippen LogP contribution in [-0.4, -0.2) is 177 Å². The first-order valence-electron chi connectivity index (χ1n) is 36.5. The first-order valence-corrected chi connectivity index (χ1v) is 36.5. The van der Waals surface area contributed by atoms with Gasteiger partial charge in [-0.3, -0.25) is 4.79 Å². The largest absolute Gasteiger partial charge is 0.457 e. The Balaban J connectivity index is 0.861. The predicted molar refractivity (Wildman–Crippen MR) is 368 cm³/mol. The van der Waals surface area contributed by atoms with Gasteiger partial charge in [-0.15, -0.1) is 0 Å². The summed E-state index contributed by atoms with van der Waals surface area (Å²) in [6.45, 7) is 24.1. The molecule has 8 aliphatic heterocycles. The zero-order valence-electron chi connectivity index (χ0n) is 60.6. The summed E-state index contributed by atoms with van der Waals surface area (Å²) < 4.78 is 138. The molecule has 8 fully saturated rings. The Morgan fingerprint density at radius 2 is 1.05 bits per heavy atom. The molecule has 10 unspecified atom stereocenters. The van der Waals surface area contributed by atoms with Crippen molar-refractivity contribution in [2.24, 2.45) is 23.7 Å². The summed E-state index contributed by atoms with van der Waals surface area (Å²) in [5.41, 5.74) is 2.44. The molecule has 0 bridgehead atoms. The first-order chi connectivity index (χ1) is 49.2. The highest BCUT2D eigenvalue weighted by Crippen LogP contribution is 2.50. The Kier molecular flexibility index (Phi) is 24.2. The van der Waals surface area contributed by atoms with Gasteiger partial charge in [-0.2, -0.15) is 0 Å². The maximum Gasteiger partial charge on any atom is 0.303 e. The predicted octanol–water partition coefficient (Wildman–Crippen LogP) is 11.2. The molecule has 13 rings (SSSR count). The van der Waals surface area contributed by atoms with Gasteiger partial charge in [-0.1, -0.05) is 186 Å². The first kappa shape index (κ1) is 75.0. The molecule has 0 amide bonds. The van der Waals surface area contributed by atoms with E-state index in [0.717, 1.165) is 27.8 Å². The van der Waals surface area contributed by atoms with E-state index in [2.05, 4.69) is 13.8 Å². The van der Waals surface area contributed by atoms with Crippen molar-refractivity contribution in [1.29, 1.82) is 0 Å². The Morgan fingerprint density at radius 1 is 0.500 bits per heavy atom. The zero-order valence-corrected chi connectivity index (χ0v) is 60.6. The third-order valence-corrected chi connectivity index (χ3v) is 21.7. The highest BCUT2D eigenvalue weighted by molar-refractivity contribution is 5.66. The van der Waals surface area contributed by atoms with E-state index >= 15 is 0 Å². The van der Waals surface area contributed by atoms with Gasteiger partial charge in [0.15, 0.2) is 55.9 Å². The standard InChI is InChI=1S/C80H104O22/c1-13-80-45-88-77(70(80)98-74(102-80)58-37-27-18-28-38-58)94-60-46(2)39-87-75(67(60)86-43-57-35-25-17-26-36-57)97-69-52(8)91-73(96-66-65(63(92-53(9)81)51(7)89-71(66)82)95-76-68-62(47(3)50(6)90-76)99-78(10,11)100-68)49(5)79(69,12)101-72-48(4)61(84-41-55-31-21-15-22-32-55)64(85-42-56-33-23-16-24-34-56)59(93-72)44-83-40-54-29-19-14-20-30-54/h14-38,46-52,59-77,82H,13,39-45H2,1-12H3/t46-,47+,48-,49-,50?,51?,52?,59?,60?,61?,62-,63-,64-,65?,66-,67-,68?,69-,70?,71+,72-,73-,74+,75-,76+,77-,79?,80+/m1/s1. The minimum absolute atomic E-state index is 0.0804. The van der Waals surface area contributed by atoms with Gasteiger partial charge in [-0.05, 0) is 70.2 Å². The lowest BCUT2D eigenvalue weighted by Crippen LogP contribution is -2.69. The van der Waals surface area contributed by atoms with Crippen molar-refractivity contribution < 1.29 is 105 Å². The van der Waals surface area contributed by atoms with Crippen LogP contribution in [0.15, 0.2) is 152 Å². The Morgan fingerprint density at radius 3 is 1.66 bits per heavy atom. The molecule has 0 saturated carbocycles. The molecule has 28 atom stereocenters. The van der Waals surface area contributed by atoms with Crippen molar-refractivity contribution in [1.82, 2.24) is 0 Å². The van der Waals surface area contributed by atoms with E-state index in [9.17, 15) is 9.90 Å². The second-order valence-corrected chi connectivity index (χ2v) is 29.5. The third kappa shape index (κ3) is 16.6. The van der Waals surface area contributed by atoms with E-state index in [1.165, 1.54) is 6.92 Å². The summed E-state index contributed by atoms with van der Waals surface area (Å²) >= 11 is 0. The summed E-state index contributed by atoms with van der Waals surface area (Å²) in [5.74, 6) is -3.31. The van der Waals surface area contributed by atoms with Gasteiger partial charge in [0.2, 0.25) is 0 Å². The summed E-state index contributed by atoms with van der Waals surface area (Å²) in [6.07, 6.45) is -19.4. The number of hydrogen-bond acceptors (Lipinski definition) is 22. The molecule has 0 radical (unpaired) electrons. The van der Waals surface area contributed by atoms with Gasteiger partial charge in [-0.25, -0.2) is 0 Å². The van der Waals surface area contributed by atoms with Crippen molar-refractivity contribution >= 4 is 5.97 Å². The van der Waals surface area contributed by atoms with E-state index in [1.54, 1.807) is 6.92 Å². The molecule has 8 heterocycles. The van der Waals surface area contributed by atoms with Crippen LogP contribution in [0.3, 0.4) is 0 Å². The monoisotopic (exact) mass is 1420 g/mol. The van der Waals surface area contributed by atoms with Crippen LogP contribution in [0.5, 0.6) is 0 Å². The number of hydrogen-bond donors (Lipinski definition) is 1. The van der Waals surface area contributed by atoms with E-state index in [1.807, 2.05) is 207 Å². The fourth-order valence-electron chi connectivity index (χ4n) is 15.6. The fraction of sp³-hybridized carbons (Fsp3) is 0.613. The van der Waals surface area contributed by atoms with Gasteiger partial charge < -0.3 is 99.8 Å². The van der Waals surface area contributed by atoms with Crippen LogP contribution < -0.4 is 0 Å². The molecule has 0 aromatic heterocycles. The molecule has 5 aromatic rings. The smallest absolute Gasteiger partial charge is 0.303 e. The lowest BCUT2D eigenvalue weighted by Gasteiger charge is -2.56. The van der Waals surface area contributed by atoms with E-state index in [0.29, 0.717) is 13.0 Å². The second-order valence-electron chi connectivity index (χ2n) is 29.5. The van der Waals surface area contributed by atoms with Crippen LogP contribution in [0.25, 0.3) is 0 Å². The van der Waals surface area contributed by atoms with Crippen molar-refractivity contribution in [2.75, 3.05) is 19.8 Å². The Labute approximate surface area is 599 Å². The number of rotatable bonds is 26. The molecule has 102 heavy (non-hydrogen) atoms. The van der Waals surface area contributed by atoms with Crippen LogP contribution in [-0.2, 0) is 126 Å². The normalized spacial score (nSPS) is 40.3. The average Bonchev–Trinajstić information content (AvgIpc) is 1.36. The molecule has 22 nitrogen and oxygen atoms in total. The molecule has 22 heteroatoms. The Hall–Kier alpha value is -5.23. The maximum absolute atomic E-state index is 13.2. The van der Waals surface area contributed by atoms with Gasteiger partial charge >= 0.3 is 5.97 Å². The lowest BCUT2D eigenvalue weighted by molar-refractivity contribution is -0.414. The van der Waals surface area contributed by atoms with Crippen molar-refractivity contribution in [3.8, 4) is 0 Å². The van der Waals surface area contributed by atoms with Crippen molar-refractivity contribution in [2.45, 2.75) is 269 Å². The number of aliphatic hydroxyl groups is 1. The number of carbonyl (C=O) groups excluding carboxylic acids is 1. The van der Waals surface area contributed by atoms with Crippen LogP contribution >= 0.6 is 0 Å². The fourth-order valence-corrected chi connectivity index (χ4v) is 15.6. The number of ether oxygens (including phenoxy) is 20. The molecule has 5 aromatic carbocycles. The summed E-state index contributed by atoms with van der Waals surface area (Å²) in [4.78, 5) is 13.2. The maximum atomic E-state index is 13.2. The molecular weight excluding hydrogens is 1310 g/mol. The zero-order chi connectivity index (χ0) is 71.5. The highest BCUT2D eigenvalue weighted by atomic mass is 16.8. The topological polar surface area (TPSA) is 222 Å². The van der Waals surface area contributed by atoms with Crippen LogP contribution in [0.4, 0.5) is 0 Å². The number of aliphatic hydroxyl groups excluding tert-OH is 1. The molecule has 556 valence electrons. The van der Waals surface area contributed by atoms with Crippen LogP contribution in [0.1, 0.15) is 124 Å². The number of esters is 1. The van der Waals surface area contributed by atoms with Gasteiger partial charge in [0.05, 0.1) is 82.9 Å². The van der Waals surface area contributed by atoms with Crippen molar-refractivity contribution in [3.05, 3.63) is 179 Å². The SMILES string of the molecule is CC[C@]12CO[C@H](OC3[C@H](C)CO[C@H](O[C@@H]4C(C)O[C@H](O[C@@H]5C(O[C@@H]6OC(C)[C@H](C)[C@H]7OC(C)(C)OC67)[C@H](OC(C)=O)C(C)O[C@@H]5O)[C@@H](C)C4(C)O[C@H]4OC(COCc5ccccc5)[C@@H](OCc5ccccc5)C(OCc5ccccc5)[C@H]4C)[C@@H]3OCc3ccccc3)C1O[C@H](c1ccccc1)O2. The summed E-state index contributed by atoms with van der Waals surface area (Å²) in [7, 11) is 0. The van der Waals surface area contributed by atoms with Crippen LogP contribution in [0, 0.1) is 23.7 Å². The van der Waals surface area contributed by atoms with E-state index in [4.69, 9.17) is 94.7 Å². The number of carbonyl (C=O) groups is 1. The third-order valence-electron chi connectivity index (χ3n) is 21.7. The van der Waals surface area contributed by atoms with Gasteiger partial charge in [0.1, 0.15) is 60.0 Å². The number of benzene rings is 5. The molecule has 8 aliphatic rings. The molecule has 1 N–H and O–H groups in total. The highest BCUT2D eigenvalue weighted by Gasteiger charge is 2.64.